The van der Waals surface area contributed by atoms with Crippen molar-refractivity contribution in [2.45, 2.75) is 37.7 Å². The highest BCUT2D eigenvalue weighted by molar-refractivity contribution is 6.03. The average molecular weight is 480 g/mol. The highest BCUT2D eigenvalue weighted by atomic mass is 16.5. The molecule has 2 fully saturated rings. The van der Waals surface area contributed by atoms with Gasteiger partial charge in [0.2, 0.25) is 17.7 Å². The van der Waals surface area contributed by atoms with E-state index < -0.39 is 23.5 Å². The molecule has 0 spiro atoms. The number of likely N-dealkylation sites (tertiary alicyclic amines) is 1. The van der Waals surface area contributed by atoms with Crippen molar-refractivity contribution >= 4 is 28.6 Å². The van der Waals surface area contributed by atoms with Crippen molar-refractivity contribution in [3.8, 4) is 17.4 Å². The number of fused-ring (bicyclic) bond motifs is 1. The van der Waals surface area contributed by atoms with Crippen molar-refractivity contribution in [2.75, 3.05) is 13.1 Å². The lowest BCUT2D eigenvalue weighted by Gasteiger charge is -2.32. The maximum atomic E-state index is 12.7. The Bertz CT molecular complexity index is 1330. The number of hydrogen-bond donors (Lipinski definition) is 3. The molecule has 2 aliphatic rings. The molecule has 0 saturated carbocycles. The van der Waals surface area contributed by atoms with Crippen molar-refractivity contribution in [1.29, 1.82) is 0 Å². The summed E-state index contributed by atoms with van der Waals surface area (Å²) in [7, 11) is 1.79. The molecule has 4 heterocycles. The quantitative estimate of drug-likeness (QED) is 0.463. The number of aromatic hydroxyl groups is 2. The molecule has 12 heteroatoms. The first-order valence-electron chi connectivity index (χ1n) is 11.3. The molecule has 3 aromatic rings. The molecule has 1 unspecified atom stereocenters. The Hall–Kier alpha value is -4.22. The van der Waals surface area contributed by atoms with E-state index in [4.69, 9.17) is 4.74 Å². The van der Waals surface area contributed by atoms with Gasteiger partial charge in [0.05, 0.1) is 11.6 Å². The number of amides is 3. The molecular weight excluding hydrogens is 456 g/mol. The fourth-order valence-electron chi connectivity index (χ4n) is 4.67. The van der Waals surface area contributed by atoms with E-state index in [0.29, 0.717) is 43.8 Å². The van der Waals surface area contributed by atoms with E-state index in [2.05, 4.69) is 20.6 Å². The van der Waals surface area contributed by atoms with Crippen molar-refractivity contribution in [3.63, 3.8) is 0 Å². The summed E-state index contributed by atoms with van der Waals surface area (Å²) in [4.78, 5) is 38.2. The average Bonchev–Trinajstić information content (AvgIpc) is 3.16. The minimum absolute atomic E-state index is 0.155. The summed E-state index contributed by atoms with van der Waals surface area (Å²) in [5, 5.41) is 34.0. The molecule has 5 rings (SSSR count). The minimum Gasteiger partial charge on any atom is -0.505 e. The Morgan fingerprint density at radius 1 is 1.14 bits per heavy atom. The molecule has 2 saturated heterocycles. The summed E-state index contributed by atoms with van der Waals surface area (Å²) >= 11 is 0. The number of ether oxygens (including phenoxy) is 1. The van der Waals surface area contributed by atoms with Crippen molar-refractivity contribution in [2.24, 2.45) is 7.05 Å². The third-order valence-electron chi connectivity index (χ3n) is 6.41. The first kappa shape index (κ1) is 22.6. The highest BCUT2D eigenvalue weighted by Gasteiger charge is 2.33. The van der Waals surface area contributed by atoms with Crippen LogP contribution in [0.15, 0.2) is 24.3 Å². The second-order valence-corrected chi connectivity index (χ2v) is 8.71. The second kappa shape index (κ2) is 8.85. The third kappa shape index (κ3) is 4.22. The first-order chi connectivity index (χ1) is 16.8. The predicted octanol–water partition coefficient (Wildman–Crippen LogP) is 0.978. The van der Waals surface area contributed by atoms with Gasteiger partial charge in [-0.3, -0.25) is 24.4 Å². The van der Waals surface area contributed by atoms with E-state index in [9.17, 15) is 24.6 Å². The lowest BCUT2D eigenvalue weighted by Crippen LogP contribution is -2.42. The number of aryl methyl sites for hydroxylation is 1. The van der Waals surface area contributed by atoms with Crippen LogP contribution in [-0.4, -0.2) is 72.0 Å². The molecule has 0 radical (unpaired) electrons. The van der Waals surface area contributed by atoms with Crippen LogP contribution in [0.2, 0.25) is 0 Å². The smallest absolute Gasteiger partial charge is 0.278 e. The van der Waals surface area contributed by atoms with Crippen LogP contribution in [0.3, 0.4) is 0 Å². The molecule has 0 bridgehead atoms. The Morgan fingerprint density at radius 2 is 1.91 bits per heavy atom. The Balaban J connectivity index is 1.30. The number of rotatable bonds is 4. The molecule has 182 valence electrons. The number of nitrogens with one attached hydrogen (secondary N) is 1. The zero-order chi connectivity index (χ0) is 24.7. The second-order valence-electron chi connectivity index (χ2n) is 8.71. The Labute approximate surface area is 199 Å². The van der Waals surface area contributed by atoms with Crippen molar-refractivity contribution < 1.29 is 29.3 Å². The maximum absolute atomic E-state index is 12.7. The van der Waals surface area contributed by atoms with Crippen LogP contribution in [0.4, 0.5) is 0 Å². The van der Waals surface area contributed by atoms with E-state index in [0.717, 1.165) is 17.0 Å². The molecule has 12 nitrogen and oxygen atoms in total. The van der Waals surface area contributed by atoms with E-state index in [1.165, 1.54) is 0 Å². The van der Waals surface area contributed by atoms with Gasteiger partial charge in [-0.2, -0.15) is 5.10 Å². The molecular formula is C23H24N6O6. The number of hydrogen-bond acceptors (Lipinski definition) is 9. The van der Waals surface area contributed by atoms with Gasteiger partial charge in [-0.15, -0.1) is 10.2 Å². The van der Waals surface area contributed by atoms with E-state index >= 15 is 0 Å². The van der Waals surface area contributed by atoms with Crippen molar-refractivity contribution in [1.82, 2.24) is 30.2 Å². The van der Waals surface area contributed by atoms with Gasteiger partial charge in [0.15, 0.2) is 11.4 Å². The van der Waals surface area contributed by atoms with Gasteiger partial charge in [0, 0.05) is 50.9 Å². The minimum atomic E-state index is -0.500. The van der Waals surface area contributed by atoms with E-state index in [1.54, 1.807) is 16.6 Å². The topological polar surface area (TPSA) is 160 Å². The van der Waals surface area contributed by atoms with Crippen LogP contribution in [0, 0.1) is 0 Å². The van der Waals surface area contributed by atoms with Crippen LogP contribution >= 0.6 is 0 Å². The van der Waals surface area contributed by atoms with Gasteiger partial charge >= 0.3 is 0 Å². The van der Waals surface area contributed by atoms with E-state index in [-0.39, 0.29) is 30.0 Å². The largest absolute Gasteiger partial charge is 0.505 e. The molecule has 1 aromatic carbocycles. The van der Waals surface area contributed by atoms with Gasteiger partial charge in [0.1, 0.15) is 17.4 Å². The lowest BCUT2D eigenvalue weighted by molar-refractivity contribution is -0.134. The summed E-state index contributed by atoms with van der Waals surface area (Å²) in [5.74, 6) is -1.83. The summed E-state index contributed by atoms with van der Waals surface area (Å²) in [5.41, 5.74) is 1.17. The van der Waals surface area contributed by atoms with Gasteiger partial charge < -0.3 is 19.8 Å². The Morgan fingerprint density at radius 3 is 2.63 bits per heavy atom. The standard InChI is InChI=1S/C23H24N6O6/c1-28-21-13(19(27-28)14-5-6-17(31)24-22(14)33)3-2-4-16(21)35-12-7-9-29(10-8-12)23(34)20-15(30)11-18(32)25-26-20/h2-4,11-12,14H,5-10H2,1H3,(H,24,31,33)(H2,25,30,32). The SMILES string of the molecule is Cn1nc(C2CCC(=O)NC2=O)c2cccc(OC3CCN(C(=O)c4nnc(O)cc4O)CC3)c21. The van der Waals surface area contributed by atoms with Gasteiger partial charge in [-0.1, -0.05) is 12.1 Å². The number of carbonyl (C=O) groups is 3. The molecule has 1 atom stereocenters. The maximum Gasteiger partial charge on any atom is 0.278 e. The summed E-state index contributed by atoms with van der Waals surface area (Å²) in [6, 6.07) is 6.56. The monoisotopic (exact) mass is 480 g/mol. The number of imide groups is 1. The molecule has 0 aliphatic carbocycles. The zero-order valence-corrected chi connectivity index (χ0v) is 19.0. The number of nitrogens with zero attached hydrogens (tertiary/aromatic N) is 5. The molecule has 2 aliphatic heterocycles. The van der Waals surface area contributed by atoms with Gasteiger partial charge in [-0.25, -0.2) is 0 Å². The summed E-state index contributed by atoms with van der Waals surface area (Å²) in [6.45, 7) is 0.794. The highest BCUT2D eigenvalue weighted by Crippen LogP contribution is 2.35. The van der Waals surface area contributed by atoms with Crippen LogP contribution < -0.4 is 10.1 Å². The summed E-state index contributed by atoms with van der Waals surface area (Å²) in [6.07, 6.45) is 1.65. The van der Waals surface area contributed by atoms with Crippen LogP contribution in [0.25, 0.3) is 10.9 Å². The normalized spacial score (nSPS) is 19.1. The fraction of sp³-hybridized carbons (Fsp3) is 0.391. The number of benzene rings is 1. The zero-order valence-electron chi connectivity index (χ0n) is 19.0. The fourth-order valence-corrected chi connectivity index (χ4v) is 4.67. The predicted molar refractivity (Wildman–Crippen MR) is 121 cm³/mol. The van der Waals surface area contributed by atoms with Crippen LogP contribution in [0.1, 0.15) is 47.8 Å². The van der Waals surface area contributed by atoms with Crippen LogP contribution in [0.5, 0.6) is 17.4 Å². The number of carbonyl (C=O) groups excluding carboxylic acids is 3. The number of aromatic nitrogens is 4. The van der Waals surface area contributed by atoms with E-state index in [1.807, 2.05) is 18.2 Å². The lowest BCUT2D eigenvalue weighted by atomic mass is 9.93. The van der Waals surface area contributed by atoms with Crippen molar-refractivity contribution in [3.05, 3.63) is 35.7 Å². The van der Waals surface area contributed by atoms with Crippen LogP contribution in [-0.2, 0) is 16.6 Å². The molecule has 35 heavy (non-hydrogen) atoms. The Kier molecular flexibility index (Phi) is 5.71. The van der Waals surface area contributed by atoms with Gasteiger partial charge in [0.25, 0.3) is 5.91 Å². The molecule has 3 N–H and O–H groups in total. The third-order valence-corrected chi connectivity index (χ3v) is 6.41. The van der Waals surface area contributed by atoms with Gasteiger partial charge in [-0.05, 0) is 12.5 Å². The summed E-state index contributed by atoms with van der Waals surface area (Å²) < 4.78 is 7.99. The number of para-hydroxylation sites is 1. The number of piperidine rings is 2. The molecule has 3 amide bonds. The first-order valence-corrected chi connectivity index (χ1v) is 11.3. The molecule has 2 aromatic heterocycles.